The standard InChI is InChI=1S/C25H20BrNO3/c26-20-10-8-19(9-11-20)23-7-4-16-27(23)21-12-14-22(15-13-21)30-24(25(28)29)17-18-5-2-1-3-6-18/h1-16,24H,17H2,(H,28,29)/t24-/m1/s1. The maximum atomic E-state index is 11.7. The van der Waals surface area contributed by atoms with Crippen molar-refractivity contribution < 1.29 is 14.6 Å². The molecule has 0 saturated carbocycles. The monoisotopic (exact) mass is 461 g/mol. The summed E-state index contributed by atoms with van der Waals surface area (Å²) in [6, 6.07) is 29.2. The second-order valence-electron chi connectivity index (χ2n) is 6.90. The average Bonchev–Trinajstić information content (AvgIpc) is 3.25. The predicted molar refractivity (Wildman–Crippen MR) is 121 cm³/mol. The summed E-state index contributed by atoms with van der Waals surface area (Å²) in [5.41, 5.74) is 4.08. The zero-order valence-electron chi connectivity index (χ0n) is 16.1. The summed E-state index contributed by atoms with van der Waals surface area (Å²) < 4.78 is 8.89. The van der Waals surface area contributed by atoms with E-state index >= 15 is 0 Å². The van der Waals surface area contributed by atoms with Gasteiger partial charge in [0.2, 0.25) is 0 Å². The number of hydrogen-bond acceptors (Lipinski definition) is 2. The van der Waals surface area contributed by atoms with Crippen LogP contribution in [0, 0.1) is 0 Å². The smallest absolute Gasteiger partial charge is 0.345 e. The molecule has 4 nitrogen and oxygen atoms in total. The largest absolute Gasteiger partial charge is 0.478 e. The molecule has 3 aromatic carbocycles. The van der Waals surface area contributed by atoms with Crippen LogP contribution in [-0.4, -0.2) is 21.7 Å². The highest BCUT2D eigenvalue weighted by Gasteiger charge is 2.20. The van der Waals surface area contributed by atoms with Gasteiger partial charge in [-0.25, -0.2) is 4.79 Å². The molecule has 150 valence electrons. The van der Waals surface area contributed by atoms with Gasteiger partial charge in [-0.05, 0) is 59.7 Å². The van der Waals surface area contributed by atoms with Crippen LogP contribution in [0.15, 0.2) is 102 Å². The van der Waals surface area contributed by atoms with Crippen LogP contribution < -0.4 is 4.74 Å². The number of hydrogen-bond donors (Lipinski definition) is 1. The summed E-state index contributed by atoms with van der Waals surface area (Å²) in [7, 11) is 0. The molecule has 1 aromatic heterocycles. The van der Waals surface area contributed by atoms with Gasteiger partial charge in [-0.3, -0.25) is 0 Å². The van der Waals surface area contributed by atoms with Gasteiger partial charge in [-0.2, -0.15) is 0 Å². The maximum Gasteiger partial charge on any atom is 0.345 e. The molecule has 0 spiro atoms. The lowest BCUT2D eigenvalue weighted by Gasteiger charge is -2.16. The Kier molecular flexibility index (Phi) is 6.00. The topological polar surface area (TPSA) is 51.5 Å². The lowest BCUT2D eigenvalue weighted by atomic mass is 10.1. The summed E-state index contributed by atoms with van der Waals surface area (Å²) in [5.74, 6) is -0.453. The number of carboxylic acid groups (broad SMARTS) is 1. The number of carbonyl (C=O) groups is 1. The first-order chi connectivity index (χ1) is 14.6. The number of nitrogens with zero attached hydrogens (tertiary/aromatic N) is 1. The summed E-state index contributed by atoms with van der Waals surface area (Å²) >= 11 is 3.47. The first-order valence-corrected chi connectivity index (χ1v) is 10.4. The van der Waals surface area contributed by atoms with Crippen LogP contribution >= 0.6 is 15.9 Å². The van der Waals surface area contributed by atoms with Crippen LogP contribution in [0.25, 0.3) is 16.9 Å². The van der Waals surface area contributed by atoms with Gasteiger partial charge in [-0.15, -0.1) is 0 Å². The van der Waals surface area contributed by atoms with Crippen molar-refractivity contribution in [1.29, 1.82) is 0 Å². The van der Waals surface area contributed by atoms with Crippen LogP contribution in [0.4, 0.5) is 0 Å². The Morgan fingerprint density at radius 2 is 1.60 bits per heavy atom. The minimum Gasteiger partial charge on any atom is -0.478 e. The summed E-state index contributed by atoms with van der Waals surface area (Å²) in [6.45, 7) is 0. The Bertz CT molecular complexity index is 1120. The van der Waals surface area contributed by atoms with Crippen molar-refractivity contribution in [1.82, 2.24) is 4.57 Å². The van der Waals surface area contributed by atoms with E-state index in [1.54, 1.807) is 0 Å². The van der Waals surface area contributed by atoms with Crippen LogP contribution in [0.1, 0.15) is 5.56 Å². The molecule has 0 saturated heterocycles. The minimum absolute atomic E-state index is 0.309. The van der Waals surface area contributed by atoms with Gasteiger partial charge in [0.05, 0.1) is 5.69 Å². The van der Waals surface area contributed by atoms with E-state index < -0.39 is 12.1 Å². The molecule has 0 amide bonds. The fourth-order valence-corrected chi connectivity index (χ4v) is 3.58. The molecular formula is C25H20BrNO3. The summed E-state index contributed by atoms with van der Waals surface area (Å²) in [6.07, 6.45) is 1.37. The normalized spacial score (nSPS) is 11.8. The molecule has 0 radical (unpaired) electrons. The van der Waals surface area contributed by atoms with E-state index in [4.69, 9.17) is 4.74 Å². The number of benzene rings is 3. The number of halogens is 1. The Labute approximate surface area is 183 Å². The molecule has 4 rings (SSSR count). The van der Waals surface area contributed by atoms with Crippen LogP contribution in [0.3, 0.4) is 0 Å². The van der Waals surface area contributed by atoms with E-state index in [0.29, 0.717) is 12.2 Å². The van der Waals surface area contributed by atoms with Crippen molar-refractivity contribution in [2.45, 2.75) is 12.5 Å². The first kappa shape index (κ1) is 20.0. The van der Waals surface area contributed by atoms with Gasteiger partial charge in [0, 0.05) is 22.8 Å². The Morgan fingerprint density at radius 1 is 0.900 bits per heavy atom. The summed E-state index contributed by atoms with van der Waals surface area (Å²) in [4.78, 5) is 11.7. The molecule has 0 bridgehead atoms. The van der Waals surface area contributed by atoms with Crippen molar-refractivity contribution in [3.63, 3.8) is 0 Å². The lowest BCUT2D eigenvalue weighted by molar-refractivity contribution is -0.145. The highest BCUT2D eigenvalue weighted by molar-refractivity contribution is 9.10. The van der Waals surface area contributed by atoms with Gasteiger partial charge in [0.25, 0.3) is 0 Å². The molecule has 0 aliphatic carbocycles. The molecular weight excluding hydrogens is 442 g/mol. The quantitative estimate of drug-likeness (QED) is 0.368. The van der Waals surface area contributed by atoms with E-state index in [0.717, 1.165) is 27.0 Å². The SMILES string of the molecule is O=C(O)[C@@H](Cc1ccccc1)Oc1ccc(-n2cccc2-c2ccc(Br)cc2)cc1. The first-order valence-electron chi connectivity index (χ1n) is 9.57. The number of aromatic nitrogens is 1. The molecule has 0 aliphatic heterocycles. The van der Waals surface area contributed by atoms with Gasteiger partial charge in [-0.1, -0.05) is 58.4 Å². The lowest BCUT2D eigenvalue weighted by Crippen LogP contribution is -2.29. The highest BCUT2D eigenvalue weighted by Crippen LogP contribution is 2.26. The molecule has 0 fully saturated rings. The maximum absolute atomic E-state index is 11.7. The van der Waals surface area contributed by atoms with Crippen LogP contribution in [0.5, 0.6) is 5.75 Å². The number of carboxylic acids is 1. The minimum atomic E-state index is -0.981. The molecule has 1 N–H and O–H groups in total. The van der Waals surface area contributed by atoms with E-state index in [-0.39, 0.29) is 0 Å². The fraction of sp³-hybridized carbons (Fsp3) is 0.0800. The van der Waals surface area contributed by atoms with Crippen LogP contribution in [0.2, 0.25) is 0 Å². The van der Waals surface area contributed by atoms with Gasteiger partial charge >= 0.3 is 5.97 Å². The van der Waals surface area contributed by atoms with E-state index in [1.165, 1.54) is 0 Å². The number of aliphatic carboxylic acids is 1. The van der Waals surface area contributed by atoms with Crippen molar-refractivity contribution in [2.24, 2.45) is 0 Å². The molecule has 0 aliphatic rings. The third kappa shape index (κ3) is 4.63. The zero-order valence-corrected chi connectivity index (χ0v) is 17.7. The third-order valence-electron chi connectivity index (χ3n) is 4.82. The number of ether oxygens (including phenoxy) is 1. The zero-order chi connectivity index (χ0) is 20.9. The Morgan fingerprint density at radius 3 is 2.27 bits per heavy atom. The Hall–Kier alpha value is -3.31. The molecule has 0 unspecified atom stereocenters. The molecule has 1 heterocycles. The average molecular weight is 462 g/mol. The molecule has 30 heavy (non-hydrogen) atoms. The second kappa shape index (κ2) is 9.01. The van der Waals surface area contributed by atoms with Crippen LogP contribution in [-0.2, 0) is 11.2 Å². The molecule has 1 atom stereocenters. The van der Waals surface area contributed by atoms with E-state index in [2.05, 4.69) is 38.7 Å². The highest BCUT2D eigenvalue weighted by atomic mass is 79.9. The third-order valence-corrected chi connectivity index (χ3v) is 5.35. The van der Waals surface area contributed by atoms with Crippen molar-refractivity contribution in [2.75, 3.05) is 0 Å². The fourth-order valence-electron chi connectivity index (χ4n) is 3.32. The second-order valence-corrected chi connectivity index (χ2v) is 7.81. The summed E-state index contributed by atoms with van der Waals surface area (Å²) in [5, 5.41) is 9.55. The Balaban J connectivity index is 1.53. The van der Waals surface area contributed by atoms with Gasteiger partial charge in [0.15, 0.2) is 6.10 Å². The van der Waals surface area contributed by atoms with Crippen molar-refractivity contribution >= 4 is 21.9 Å². The van der Waals surface area contributed by atoms with Gasteiger partial charge in [0.1, 0.15) is 5.75 Å². The molecule has 5 heteroatoms. The molecule has 4 aromatic rings. The van der Waals surface area contributed by atoms with Crippen molar-refractivity contribution in [3.05, 3.63) is 107 Å². The van der Waals surface area contributed by atoms with Gasteiger partial charge < -0.3 is 14.4 Å². The van der Waals surface area contributed by atoms with E-state index in [1.807, 2.05) is 79.0 Å². The predicted octanol–water partition coefficient (Wildman–Crippen LogP) is 5.98. The van der Waals surface area contributed by atoms with Crippen molar-refractivity contribution in [3.8, 4) is 22.7 Å². The van der Waals surface area contributed by atoms with E-state index in [9.17, 15) is 9.90 Å². The number of rotatable bonds is 7.